The number of hydrogen-bond donors (Lipinski definition) is 3. The van der Waals surface area contributed by atoms with E-state index in [2.05, 4.69) is 10.0 Å². The van der Waals surface area contributed by atoms with Gasteiger partial charge in [-0.25, -0.2) is 8.42 Å². The molecule has 0 aromatic heterocycles. The number of nitrogens with one attached hydrogen (secondary N) is 3. The molecule has 8 nitrogen and oxygen atoms in total. The van der Waals surface area contributed by atoms with Crippen LogP contribution in [0.3, 0.4) is 0 Å². The zero-order valence-electron chi connectivity index (χ0n) is 16.4. The zero-order chi connectivity index (χ0) is 23.5. The first-order valence-corrected chi connectivity index (χ1v) is 11.1. The van der Waals surface area contributed by atoms with Gasteiger partial charge in [-0.15, -0.1) is 0 Å². The van der Waals surface area contributed by atoms with E-state index in [0.717, 1.165) is 24.3 Å². The second-order valence-electron chi connectivity index (χ2n) is 6.87. The first kappa shape index (κ1) is 23.7. The topological polar surface area (TPSA) is 108 Å². The third-order valence-corrected chi connectivity index (χ3v) is 6.16. The van der Waals surface area contributed by atoms with E-state index < -0.39 is 28.7 Å². The van der Waals surface area contributed by atoms with Crippen LogP contribution in [0.5, 0.6) is 0 Å². The molecule has 1 aliphatic rings. The molecule has 32 heavy (non-hydrogen) atoms. The summed E-state index contributed by atoms with van der Waals surface area (Å²) in [7, 11) is -4.05. The summed E-state index contributed by atoms with van der Waals surface area (Å²) in [6.45, 7) is -0.340. The molecule has 0 spiro atoms. The quantitative estimate of drug-likeness (QED) is 0.576. The molecule has 1 heterocycles. The second kappa shape index (κ2) is 9.25. The summed E-state index contributed by atoms with van der Waals surface area (Å²) in [6.07, 6.45) is -4.56. The molecule has 0 bridgehead atoms. The number of anilines is 2. The number of sulfonamides is 1. The van der Waals surface area contributed by atoms with E-state index in [9.17, 15) is 31.2 Å². The summed E-state index contributed by atoms with van der Waals surface area (Å²) in [5, 5.41) is 4.65. The highest BCUT2D eigenvalue weighted by atomic mass is 35.5. The summed E-state index contributed by atoms with van der Waals surface area (Å²) in [5.74, 6) is -1.12. The summed E-state index contributed by atoms with van der Waals surface area (Å²) in [4.78, 5) is 24.9. The van der Waals surface area contributed by atoms with E-state index in [-0.39, 0.29) is 33.6 Å². The molecule has 1 aliphatic heterocycles. The fourth-order valence-electron chi connectivity index (χ4n) is 2.95. The molecule has 0 unspecified atom stereocenters. The monoisotopic (exact) mass is 490 g/mol. The van der Waals surface area contributed by atoms with Crippen molar-refractivity contribution in [2.75, 3.05) is 35.8 Å². The van der Waals surface area contributed by atoms with E-state index in [0.29, 0.717) is 18.8 Å². The van der Waals surface area contributed by atoms with Gasteiger partial charge in [-0.2, -0.15) is 13.2 Å². The molecule has 13 heteroatoms. The summed E-state index contributed by atoms with van der Waals surface area (Å²) < 4.78 is 64.2. The second-order valence-corrected chi connectivity index (χ2v) is 8.96. The van der Waals surface area contributed by atoms with Crippen LogP contribution in [0.15, 0.2) is 47.4 Å². The molecule has 3 rings (SSSR count). The minimum Gasteiger partial charge on any atom is -0.359 e. The highest BCUT2D eigenvalue weighted by Gasteiger charge is 2.28. The largest absolute Gasteiger partial charge is 0.405 e. The third kappa shape index (κ3) is 6.04. The van der Waals surface area contributed by atoms with E-state index >= 15 is 0 Å². The van der Waals surface area contributed by atoms with Gasteiger partial charge in [0.1, 0.15) is 6.54 Å². The Morgan fingerprint density at radius 1 is 1.16 bits per heavy atom. The Balaban J connectivity index is 1.70. The number of alkyl halides is 3. The van der Waals surface area contributed by atoms with Crippen molar-refractivity contribution in [3.05, 3.63) is 53.1 Å². The first-order chi connectivity index (χ1) is 14.9. The lowest BCUT2D eigenvalue weighted by Gasteiger charge is -2.29. The van der Waals surface area contributed by atoms with Crippen LogP contribution >= 0.6 is 11.6 Å². The molecule has 2 aromatic rings. The Morgan fingerprint density at radius 2 is 1.84 bits per heavy atom. The van der Waals surface area contributed by atoms with Gasteiger partial charge in [0.2, 0.25) is 5.91 Å². The van der Waals surface area contributed by atoms with Gasteiger partial charge in [0.25, 0.3) is 15.9 Å². The smallest absolute Gasteiger partial charge is 0.359 e. The van der Waals surface area contributed by atoms with Crippen molar-refractivity contribution < 1.29 is 31.2 Å². The van der Waals surface area contributed by atoms with Crippen molar-refractivity contribution in [1.82, 2.24) is 10.6 Å². The summed E-state index contributed by atoms with van der Waals surface area (Å²) >= 11 is 6.27. The number of halogens is 4. The van der Waals surface area contributed by atoms with Gasteiger partial charge < -0.3 is 15.5 Å². The Bertz CT molecular complexity index is 1120. The van der Waals surface area contributed by atoms with Crippen LogP contribution in [0.4, 0.5) is 24.5 Å². The molecule has 0 radical (unpaired) electrons. The predicted octanol–water partition coefficient (Wildman–Crippen LogP) is 2.37. The lowest BCUT2D eigenvalue weighted by Crippen LogP contribution is -2.47. The maximum Gasteiger partial charge on any atom is 0.405 e. The zero-order valence-corrected chi connectivity index (χ0v) is 17.9. The van der Waals surface area contributed by atoms with Crippen molar-refractivity contribution in [3.63, 3.8) is 0 Å². The maximum atomic E-state index is 12.6. The van der Waals surface area contributed by atoms with Gasteiger partial charge in [-0.1, -0.05) is 11.6 Å². The van der Waals surface area contributed by atoms with Gasteiger partial charge in [0, 0.05) is 18.7 Å². The number of piperazine rings is 1. The molecule has 1 saturated heterocycles. The molecule has 0 saturated carbocycles. The van der Waals surface area contributed by atoms with Crippen molar-refractivity contribution in [2.24, 2.45) is 0 Å². The average Bonchev–Trinajstić information content (AvgIpc) is 2.71. The molecule has 1 fully saturated rings. The van der Waals surface area contributed by atoms with Crippen LogP contribution in [0.1, 0.15) is 10.4 Å². The van der Waals surface area contributed by atoms with Crippen LogP contribution < -0.4 is 20.3 Å². The third-order valence-electron chi connectivity index (χ3n) is 4.46. The minimum atomic E-state index is -4.56. The van der Waals surface area contributed by atoms with E-state index in [1.54, 1.807) is 16.3 Å². The van der Waals surface area contributed by atoms with Crippen LogP contribution in [0.2, 0.25) is 5.02 Å². The van der Waals surface area contributed by atoms with Gasteiger partial charge in [-0.05, 0) is 42.5 Å². The number of carbonyl (C=O) groups excluding carboxylic acids is 2. The normalized spacial score (nSPS) is 14.6. The molecular weight excluding hydrogens is 473 g/mol. The number of amides is 2. The number of nitrogens with zero attached hydrogens (tertiary/aromatic N) is 1. The number of benzene rings is 2. The SMILES string of the molecule is O=C1CN(c2ccc(NS(=O)(=O)c3ccc(C(=O)NCC(F)(F)F)cc3)cc2Cl)CCN1. The fourth-order valence-corrected chi connectivity index (χ4v) is 4.30. The standard InChI is InChI=1S/C19H18ClF3N4O4S/c20-15-9-13(3-6-16(15)27-8-7-24-17(28)10-27)26-32(30,31)14-4-1-12(2-5-14)18(29)25-11-19(21,22)23/h1-6,9,26H,7-8,10-11H2,(H,24,28)(H,25,29). The highest BCUT2D eigenvalue weighted by Crippen LogP contribution is 2.30. The minimum absolute atomic E-state index is 0.119. The number of rotatable bonds is 6. The molecular formula is C19H18ClF3N4O4S. The van der Waals surface area contributed by atoms with E-state index in [4.69, 9.17) is 11.6 Å². The van der Waals surface area contributed by atoms with Crippen molar-refractivity contribution in [1.29, 1.82) is 0 Å². The fraction of sp³-hybridized carbons (Fsp3) is 0.263. The van der Waals surface area contributed by atoms with Gasteiger partial charge in [-0.3, -0.25) is 14.3 Å². The van der Waals surface area contributed by atoms with Crippen LogP contribution in [-0.4, -0.2) is 52.6 Å². The van der Waals surface area contributed by atoms with Crippen molar-refractivity contribution in [2.45, 2.75) is 11.1 Å². The molecule has 3 N–H and O–H groups in total. The van der Waals surface area contributed by atoms with Crippen LogP contribution in [0.25, 0.3) is 0 Å². The van der Waals surface area contributed by atoms with Crippen molar-refractivity contribution in [3.8, 4) is 0 Å². The summed E-state index contributed by atoms with van der Waals surface area (Å²) in [5.41, 5.74) is 0.636. The van der Waals surface area contributed by atoms with E-state index in [1.165, 1.54) is 12.1 Å². The van der Waals surface area contributed by atoms with Gasteiger partial charge in [0.05, 0.1) is 27.8 Å². The first-order valence-electron chi connectivity index (χ1n) is 9.24. The number of carbonyl (C=O) groups is 2. The highest BCUT2D eigenvalue weighted by molar-refractivity contribution is 7.92. The Hall–Kier alpha value is -2.99. The number of hydrogen-bond acceptors (Lipinski definition) is 5. The Kier molecular flexibility index (Phi) is 6.84. The molecule has 172 valence electrons. The van der Waals surface area contributed by atoms with Crippen molar-refractivity contribution >= 4 is 44.8 Å². The molecule has 0 atom stereocenters. The predicted molar refractivity (Wildman–Crippen MR) is 112 cm³/mol. The lowest BCUT2D eigenvalue weighted by atomic mass is 10.2. The van der Waals surface area contributed by atoms with Gasteiger partial charge >= 0.3 is 6.18 Å². The summed E-state index contributed by atoms with van der Waals surface area (Å²) in [6, 6.07) is 8.91. The lowest BCUT2D eigenvalue weighted by molar-refractivity contribution is -0.123. The maximum absolute atomic E-state index is 12.6. The molecule has 0 aliphatic carbocycles. The Labute approximate surface area is 186 Å². The average molecular weight is 491 g/mol. The van der Waals surface area contributed by atoms with E-state index in [1.807, 2.05) is 0 Å². The molecule has 2 aromatic carbocycles. The van der Waals surface area contributed by atoms with Crippen LogP contribution in [0, 0.1) is 0 Å². The molecule has 2 amide bonds. The Morgan fingerprint density at radius 3 is 2.44 bits per heavy atom. The van der Waals surface area contributed by atoms with Crippen LogP contribution in [-0.2, 0) is 14.8 Å². The van der Waals surface area contributed by atoms with Gasteiger partial charge in [0.15, 0.2) is 0 Å².